The Kier molecular flexibility index (Phi) is 2.77. The maximum atomic E-state index is 10.5. The number of hydrogen-bond acceptors (Lipinski definition) is 4. The first-order valence-corrected chi connectivity index (χ1v) is 4.02. The van der Waals surface area contributed by atoms with Gasteiger partial charge in [0.15, 0.2) is 5.15 Å². The molecule has 1 rings (SSSR count). The maximum absolute atomic E-state index is 10.5. The van der Waals surface area contributed by atoms with Gasteiger partial charge in [-0.05, 0) is 0 Å². The van der Waals surface area contributed by atoms with E-state index in [1.54, 1.807) is 6.92 Å². The van der Waals surface area contributed by atoms with Crippen LogP contribution in [-0.2, 0) is 11.2 Å². The molecule has 1 aromatic rings. The molecule has 1 aromatic heterocycles. The summed E-state index contributed by atoms with van der Waals surface area (Å²) in [6.07, 6.45) is 0.193. The Hall–Kier alpha value is -1.23. The first kappa shape index (κ1) is 9.85. The van der Waals surface area contributed by atoms with E-state index in [1.165, 1.54) is 0 Å². The molecule has 13 heavy (non-hydrogen) atoms. The number of nitrogens with two attached hydrogens (primary N) is 1. The number of carbonyl (C=O) groups is 1. The summed E-state index contributed by atoms with van der Waals surface area (Å²) in [6.45, 7) is 1.55. The van der Waals surface area contributed by atoms with Crippen molar-refractivity contribution in [2.45, 2.75) is 13.3 Å². The average molecular weight is 205 g/mol. The molecular formula is C7H9ClN2O3. The Morgan fingerprint density at radius 2 is 2.46 bits per heavy atom. The summed E-state index contributed by atoms with van der Waals surface area (Å²) in [4.78, 5) is 14.1. The highest BCUT2D eigenvalue weighted by molar-refractivity contribution is 6.30. The fourth-order valence-electron chi connectivity index (χ4n) is 0.842. The Balaban J connectivity index is 2.74. The van der Waals surface area contributed by atoms with Crippen LogP contribution in [0, 0.1) is 5.92 Å². The van der Waals surface area contributed by atoms with Gasteiger partial charge in [0, 0.05) is 6.42 Å². The lowest BCUT2D eigenvalue weighted by molar-refractivity contribution is -0.141. The number of halogens is 1. The van der Waals surface area contributed by atoms with Gasteiger partial charge in [0.25, 0.3) is 6.01 Å². The number of hydrogen-bond donors (Lipinski definition) is 2. The first-order valence-electron chi connectivity index (χ1n) is 3.64. The molecule has 72 valence electrons. The highest BCUT2D eigenvalue weighted by Crippen LogP contribution is 2.21. The van der Waals surface area contributed by atoms with Gasteiger partial charge in [-0.15, -0.1) is 0 Å². The molecule has 6 heteroatoms. The van der Waals surface area contributed by atoms with Crippen molar-refractivity contribution in [3.05, 3.63) is 10.9 Å². The van der Waals surface area contributed by atoms with Crippen LogP contribution in [0.25, 0.3) is 0 Å². The van der Waals surface area contributed by atoms with Gasteiger partial charge < -0.3 is 15.3 Å². The fourth-order valence-corrected chi connectivity index (χ4v) is 1.04. The molecule has 0 spiro atoms. The third-order valence-corrected chi connectivity index (χ3v) is 1.87. The van der Waals surface area contributed by atoms with Gasteiger partial charge in [-0.1, -0.05) is 18.5 Å². The van der Waals surface area contributed by atoms with Crippen LogP contribution in [0.5, 0.6) is 0 Å². The molecule has 0 bridgehead atoms. The number of carboxylic acid groups (broad SMARTS) is 1. The third kappa shape index (κ3) is 2.35. The van der Waals surface area contributed by atoms with Gasteiger partial charge in [-0.25, -0.2) is 0 Å². The molecule has 0 aromatic carbocycles. The lowest BCUT2D eigenvalue weighted by Crippen LogP contribution is -2.11. The van der Waals surface area contributed by atoms with Crippen molar-refractivity contribution >= 4 is 23.6 Å². The number of rotatable bonds is 3. The van der Waals surface area contributed by atoms with Crippen LogP contribution in [0.1, 0.15) is 12.7 Å². The smallest absolute Gasteiger partial charge is 0.306 e. The second-order valence-corrected chi connectivity index (χ2v) is 3.07. The third-order valence-electron chi connectivity index (χ3n) is 1.58. The summed E-state index contributed by atoms with van der Waals surface area (Å²) in [6, 6.07) is -0.0439. The van der Waals surface area contributed by atoms with E-state index in [1.807, 2.05) is 0 Å². The van der Waals surface area contributed by atoms with E-state index < -0.39 is 11.9 Å². The number of oxazole rings is 1. The molecule has 0 saturated carbocycles. The maximum Gasteiger partial charge on any atom is 0.306 e. The van der Waals surface area contributed by atoms with E-state index in [4.69, 9.17) is 26.9 Å². The number of aliphatic carboxylic acids is 1. The quantitative estimate of drug-likeness (QED) is 0.772. The van der Waals surface area contributed by atoms with Crippen LogP contribution in [0.4, 0.5) is 6.01 Å². The first-order chi connectivity index (χ1) is 6.00. The molecular weight excluding hydrogens is 196 g/mol. The normalized spacial score (nSPS) is 12.8. The predicted octanol–water partition coefficient (Wildman–Crippen LogP) is 1.17. The number of anilines is 1. The minimum atomic E-state index is -0.911. The van der Waals surface area contributed by atoms with Crippen LogP contribution in [-0.4, -0.2) is 16.1 Å². The molecule has 0 aliphatic carbocycles. The standard InChI is InChI=1S/C7H9ClN2O3/c1-3(6(11)12)2-4-5(8)10-7(9)13-4/h3H,2H2,1H3,(H2,9,10)(H,11,12). The Bertz CT molecular complexity index is 324. The molecule has 0 radical (unpaired) electrons. The molecule has 0 aliphatic rings. The summed E-state index contributed by atoms with van der Waals surface area (Å²) >= 11 is 5.62. The Labute approximate surface area is 79.5 Å². The minimum absolute atomic E-state index is 0.0439. The number of carboxylic acids is 1. The molecule has 0 saturated heterocycles. The molecule has 1 atom stereocenters. The van der Waals surface area contributed by atoms with E-state index in [0.717, 1.165) is 0 Å². The predicted molar refractivity (Wildman–Crippen MR) is 46.4 cm³/mol. The molecule has 0 fully saturated rings. The van der Waals surface area contributed by atoms with Crippen molar-refractivity contribution in [3.8, 4) is 0 Å². The van der Waals surface area contributed by atoms with E-state index in [0.29, 0.717) is 5.76 Å². The number of nitrogen functional groups attached to an aromatic ring is 1. The van der Waals surface area contributed by atoms with Gasteiger partial charge >= 0.3 is 5.97 Å². The average Bonchev–Trinajstić information content (AvgIpc) is 2.30. The molecule has 0 aliphatic heterocycles. The zero-order chi connectivity index (χ0) is 10.0. The highest BCUT2D eigenvalue weighted by atomic mass is 35.5. The molecule has 3 N–H and O–H groups in total. The summed E-state index contributed by atoms with van der Waals surface area (Å²) in [7, 11) is 0. The van der Waals surface area contributed by atoms with Gasteiger partial charge in [-0.2, -0.15) is 4.98 Å². The lowest BCUT2D eigenvalue weighted by atomic mass is 10.1. The summed E-state index contributed by atoms with van der Waals surface area (Å²) in [5.41, 5.74) is 5.22. The summed E-state index contributed by atoms with van der Waals surface area (Å²) in [5, 5.41) is 8.73. The zero-order valence-electron chi connectivity index (χ0n) is 6.95. The van der Waals surface area contributed by atoms with Crippen LogP contribution in [0.2, 0.25) is 5.15 Å². The topological polar surface area (TPSA) is 89.4 Å². The largest absolute Gasteiger partial charge is 0.481 e. The summed E-state index contributed by atoms with van der Waals surface area (Å²) < 4.78 is 4.91. The van der Waals surface area contributed by atoms with E-state index in [2.05, 4.69) is 4.98 Å². The molecule has 1 unspecified atom stereocenters. The Morgan fingerprint density at radius 3 is 2.85 bits per heavy atom. The van der Waals surface area contributed by atoms with Gasteiger partial charge in [0.05, 0.1) is 5.92 Å². The van der Waals surface area contributed by atoms with Crippen molar-refractivity contribution in [1.82, 2.24) is 4.98 Å². The molecule has 5 nitrogen and oxygen atoms in total. The van der Waals surface area contributed by atoms with Crippen LogP contribution in [0.3, 0.4) is 0 Å². The van der Waals surface area contributed by atoms with E-state index in [-0.39, 0.29) is 17.6 Å². The van der Waals surface area contributed by atoms with Gasteiger partial charge in [0.1, 0.15) is 5.76 Å². The highest BCUT2D eigenvalue weighted by Gasteiger charge is 2.17. The van der Waals surface area contributed by atoms with E-state index in [9.17, 15) is 4.79 Å². The number of nitrogens with zero attached hydrogens (tertiary/aromatic N) is 1. The fraction of sp³-hybridized carbons (Fsp3) is 0.429. The number of aromatic nitrogens is 1. The second kappa shape index (κ2) is 3.66. The van der Waals surface area contributed by atoms with Crippen LogP contribution >= 0.6 is 11.6 Å². The van der Waals surface area contributed by atoms with Crippen molar-refractivity contribution in [2.24, 2.45) is 5.92 Å². The van der Waals surface area contributed by atoms with Crippen molar-refractivity contribution < 1.29 is 14.3 Å². The monoisotopic (exact) mass is 204 g/mol. The van der Waals surface area contributed by atoms with Crippen LogP contribution in [0.15, 0.2) is 4.42 Å². The van der Waals surface area contributed by atoms with Gasteiger partial charge in [-0.3, -0.25) is 4.79 Å². The van der Waals surface area contributed by atoms with Crippen molar-refractivity contribution in [2.75, 3.05) is 5.73 Å². The second-order valence-electron chi connectivity index (χ2n) is 2.71. The molecule has 1 heterocycles. The lowest BCUT2D eigenvalue weighted by Gasteiger charge is -2.01. The van der Waals surface area contributed by atoms with Crippen LogP contribution < -0.4 is 5.73 Å². The van der Waals surface area contributed by atoms with Gasteiger partial charge in [0.2, 0.25) is 0 Å². The van der Waals surface area contributed by atoms with E-state index >= 15 is 0 Å². The van der Waals surface area contributed by atoms with Crippen molar-refractivity contribution in [3.63, 3.8) is 0 Å². The Morgan fingerprint density at radius 1 is 1.85 bits per heavy atom. The zero-order valence-corrected chi connectivity index (χ0v) is 7.71. The summed E-state index contributed by atoms with van der Waals surface area (Å²) in [5.74, 6) is -1.16. The van der Waals surface area contributed by atoms with Crippen molar-refractivity contribution in [1.29, 1.82) is 0 Å². The minimum Gasteiger partial charge on any atom is -0.481 e. The molecule has 0 amide bonds. The SMILES string of the molecule is CC(Cc1oc(N)nc1Cl)C(=O)O.